The number of hydrogen-bond acceptors (Lipinski definition) is 5. The summed E-state index contributed by atoms with van der Waals surface area (Å²) in [6.07, 6.45) is 1.51. The molecule has 1 saturated heterocycles. The summed E-state index contributed by atoms with van der Waals surface area (Å²) in [6.45, 7) is 1.60. The Kier molecular flexibility index (Phi) is 5.71. The molecule has 1 N–H and O–H groups in total. The topological polar surface area (TPSA) is 90.7 Å². The molecule has 0 unspecified atom stereocenters. The van der Waals surface area contributed by atoms with Crippen LogP contribution in [0.15, 0.2) is 48.5 Å². The standard InChI is InChI=1S/C20H22N2O5/c1-26-18-8-3-2-7-17(18)20(9-11-27-12-10-20)14-21-19(23)15-5-4-6-16(13-15)22(24)25/h2-8,13H,9-12,14H2,1H3,(H,21,23). The summed E-state index contributed by atoms with van der Waals surface area (Å²) < 4.78 is 11.1. The molecule has 1 heterocycles. The predicted octanol–water partition coefficient (Wildman–Crippen LogP) is 3.08. The molecule has 1 amide bonds. The number of para-hydroxylation sites is 1. The number of rotatable bonds is 6. The lowest BCUT2D eigenvalue weighted by Gasteiger charge is -2.38. The molecular formula is C20H22N2O5. The first-order chi connectivity index (χ1) is 13.1. The van der Waals surface area contributed by atoms with E-state index in [2.05, 4.69) is 5.32 Å². The van der Waals surface area contributed by atoms with Gasteiger partial charge in [-0.2, -0.15) is 0 Å². The SMILES string of the molecule is COc1ccccc1C1(CNC(=O)c2cccc([N+](=O)[O-])c2)CCOCC1. The van der Waals surface area contributed by atoms with Gasteiger partial charge in [0.25, 0.3) is 11.6 Å². The fraction of sp³-hybridized carbons (Fsp3) is 0.350. The minimum absolute atomic E-state index is 0.104. The molecule has 2 aromatic rings. The molecule has 0 atom stereocenters. The number of non-ortho nitro benzene ring substituents is 1. The van der Waals surface area contributed by atoms with E-state index in [4.69, 9.17) is 9.47 Å². The molecule has 3 rings (SSSR count). The molecule has 7 heteroatoms. The first-order valence-electron chi connectivity index (χ1n) is 8.80. The maximum atomic E-state index is 12.6. The number of nitro benzene ring substituents is 1. The van der Waals surface area contributed by atoms with E-state index >= 15 is 0 Å². The average molecular weight is 370 g/mol. The maximum absolute atomic E-state index is 12.6. The van der Waals surface area contributed by atoms with E-state index in [1.54, 1.807) is 13.2 Å². The number of carbonyl (C=O) groups excluding carboxylic acids is 1. The number of methoxy groups -OCH3 is 1. The number of nitrogens with zero attached hydrogens (tertiary/aromatic N) is 1. The van der Waals surface area contributed by atoms with E-state index in [9.17, 15) is 14.9 Å². The van der Waals surface area contributed by atoms with Crippen molar-refractivity contribution in [2.45, 2.75) is 18.3 Å². The Morgan fingerprint density at radius 2 is 1.96 bits per heavy atom. The third kappa shape index (κ3) is 4.09. The van der Waals surface area contributed by atoms with Gasteiger partial charge in [-0.05, 0) is 25.0 Å². The summed E-state index contributed by atoms with van der Waals surface area (Å²) in [5, 5.41) is 13.9. The third-order valence-corrected chi connectivity index (χ3v) is 5.03. The number of nitrogens with one attached hydrogen (secondary N) is 1. The van der Waals surface area contributed by atoms with Crippen LogP contribution in [0.2, 0.25) is 0 Å². The van der Waals surface area contributed by atoms with Crippen LogP contribution >= 0.6 is 0 Å². The number of carbonyl (C=O) groups is 1. The molecule has 1 fully saturated rings. The lowest BCUT2D eigenvalue weighted by Crippen LogP contribution is -2.44. The van der Waals surface area contributed by atoms with Crippen molar-refractivity contribution >= 4 is 11.6 Å². The van der Waals surface area contributed by atoms with E-state index in [1.165, 1.54) is 18.2 Å². The predicted molar refractivity (Wildman–Crippen MR) is 100 cm³/mol. The zero-order valence-corrected chi connectivity index (χ0v) is 15.1. The molecular weight excluding hydrogens is 348 g/mol. The van der Waals surface area contributed by atoms with Gasteiger partial charge in [0.1, 0.15) is 5.75 Å². The molecule has 0 bridgehead atoms. The van der Waals surface area contributed by atoms with Crippen LogP contribution in [0.3, 0.4) is 0 Å². The van der Waals surface area contributed by atoms with Crippen molar-refractivity contribution in [2.24, 2.45) is 0 Å². The van der Waals surface area contributed by atoms with Gasteiger partial charge in [-0.15, -0.1) is 0 Å². The Morgan fingerprint density at radius 3 is 2.67 bits per heavy atom. The van der Waals surface area contributed by atoms with E-state index in [-0.39, 0.29) is 22.6 Å². The fourth-order valence-electron chi connectivity index (χ4n) is 3.50. The lowest BCUT2D eigenvalue weighted by molar-refractivity contribution is -0.384. The van der Waals surface area contributed by atoms with Crippen molar-refractivity contribution in [3.05, 3.63) is 69.8 Å². The second kappa shape index (κ2) is 8.18. The first-order valence-corrected chi connectivity index (χ1v) is 8.80. The van der Waals surface area contributed by atoms with Gasteiger partial charge in [0.05, 0.1) is 12.0 Å². The second-order valence-electron chi connectivity index (χ2n) is 6.58. The number of ether oxygens (including phenoxy) is 2. The normalized spacial score (nSPS) is 15.7. The zero-order chi connectivity index (χ0) is 19.3. The summed E-state index contributed by atoms with van der Waals surface area (Å²) in [7, 11) is 1.63. The third-order valence-electron chi connectivity index (χ3n) is 5.03. The summed E-state index contributed by atoms with van der Waals surface area (Å²) in [4.78, 5) is 23.0. The van der Waals surface area contributed by atoms with Gasteiger partial charge in [0, 0.05) is 48.4 Å². The molecule has 1 aliphatic rings. The van der Waals surface area contributed by atoms with Crippen LogP contribution < -0.4 is 10.1 Å². The van der Waals surface area contributed by atoms with Crippen molar-refractivity contribution in [1.29, 1.82) is 0 Å². The Morgan fingerprint density at radius 1 is 1.22 bits per heavy atom. The summed E-state index contributed by atoms with van der Waals surface area (Å²) in [5.41, 5.74) is 0.899. The minimum atomic E-state index is -0.508. The van der Waals surface area contributed by atoms with Crippen LogP contribution in [-0.4, -0.2) is 37.7 Å². The number of benzene rings is 2. The summed E-state index contributed by atoms with van der Waals surface area (Å²) >= 11 is 0. The van der Waals surface area contributed by atoms with E-state index in [1.807, 2.05) is 24.3 Å². The molecule has 1 aliphatic heterocycles. The number of hydrogen-bond donors (Lipinski definition) is 1. The van der Waals surface area contributed by atoms with E-state index in [0.29, 0.717) is 19.8 Å². The Bertz CT molecular complexity index is 831. The van der Waals surface area contributed by atoms with Crippen LogP contribution in [-0.2, 0) is 10.2 Å². The lowest BCUT2D eigenvalue weighted by atomic mass is 9.73. The molecule has 142 valence electrons. The van der Waals surface area contributed by atoms with Crippen molar-refractivity contribution < 1.29 is 19.2 Å². The van der Waals surface area contributed by atoms with Gasteiger partial charge >= 0.3 is 0 Å². The Labute approximate surface area is 157 Å². The largest absolute Gasteiger partial charge is 0.496 e. The van der Waals surface area contributed by atoms with Crippen molar-refractivity contribution in [2.75, 3.05) is 26.9 Å². The molecule has 0 radical (unpaired) electrons. The Hall–Kier alpha value is -2.93. The Balaban J connectivity index is 1.82. The highest BCUT2D eigenvalue weighted by molar-refractivity contribution is 5.94. The van der Waals surface area contributed by atoms with E-state index < -0.39 is 4.92 Å². The zero-order valence-electron chi connectivity index (χ0n) is 15.1. The van der Waals surface area contributed by atoms with Gasteiger partial charge in [-0.25, -0.2) is 0 Å². The minimum Gasteiger partial charge on any atom is -0.496 e. The van der Waals surface area contributed by atoms with Crippen molar-refractivity contribution in [3.63, 3.8) is 0 Å². The van der Waals surface area contributed by atoms with Crippen LogP contribution in [0.5, 0.6) is 5.75 Å². The molecule has 7 nitrogen and oxygen atoms in total. The fourth-order valence-corrected chi connectivity index (χ4v) is 3.50. The molecule has 0 aliphatic carbocycles. The van der Waals surface area contributed by atoms with Crippen LogP contribution in [0, 0.1) is 10.1 Å². The monoisotopic (exact) mass is 370 g/mol. The molecule has 0 aromatic heterocycles. The van der Waals surface area contributed by atoms with Crippen LogP contribution in [0.4, 0.5) is 5.69 Å². The first kappa shape index (κ1) is 18.8. The number of amides is 1. The van der Waals surface area contributed by atoms with Gasteiger partial charge in [0.15, 0.2) is 0 Å². The highest BCUT2D eigenvalue weighted by atomic mass is 16.6. The van der Waals surface area contributed by atoms with Crippen LogP contribution in [0.1, 0.15) is 28.8 Å². The van der Waals surface area contributed by atoms with E-state index in [0.717, 1.165) is 24.2 Å². The second-order valence-corrected chi connectivity index (χ2v) is 6.58. The molecule has 27 heavy (non-hydrogen) atoms. The average Bonchev–Trinajstić information content (AvgIpc) is 2.72. The summed E-state index contributed by atoms with van der Waals surface area (Å²) in [5.74, 6) is 0.448. The molecule has 0 spiro atoms. The highest BCUT2D eigenvalue weighted by Gasteiger charge is 2.37. The van der Waals surface area contributed by atoms with Crippen molar-refractivity contribution in [3.8, 4) is 5.75 Å². The maximum Gasteiger partial charge on any atom is 0.270 e. The number of nitro groups is 1. The van der Waals surface area contributed by atoms with Gasteiger partial charge < -0.3 is 14.8 Å². The van der Waals surface area contributed by atoms with Gasteiger partial charge in [-0.1, -0.05) is 24.3 Å². The molecule has 0 saturated carbocycles. The van der Waals surface area contributed by atoms with Crippen LogP contribution in [0.25, 0.3) is 0 Å². The molecule has 2 aromatic carbocycles. The van der Waals surface area contributed by atoms with Gasteiger partial charge in [0.2, 0.25) is 0 Å². The highest BCUT2D eigenvalue weighted by Crippen LogP contribution is 2.39. The summed E-state index contributed by atoms with van der Waals surface area (Å²) in [6, 6.07) is 13.5. The smallest absolute Gasteiger partial charge is 0.270 e. The van der Waals surface area contributed by atoms with Gasteiger partial charge in [-0.3, -0.25) is 14.9 Å². The quantitative estimate of drug-likeness (QED) is 0.623. The van der Waals surface area contributed by atoms with Crippen molar-refractivity contribution in [1.82, 2.24) is 5.32 Å².